The predicted octanol–water partition coefficient (Wildman–Crippen LogP) is 4.04. The summed E-state index contributed by atoms with van der Waals surface area (Å²) in [7, 11) is 0. The van der Waals surface area contributed by atoms with Crippen molar-refractivity contribution in [2.24, 2.45) is 0 Å². The summed E-state index contributed by atoms with van der Waals surface area (Å²) >= 11 is 0. The van der Waals surface area contributed by atoms with Crippen LogP contribution in [0.2, 0.25) is 0 Å². The summed E-state index contributed by atoms with van der Waals surface area (Å²) in [4.78, 5) is 12.5. The fourth-order valence-corrected chi connectivity index (χ4v) is 4.77. The van der Waals surface area contributed by atoms with Gasteiger partial charge >= 0.3 is 0 Å². The normalized spacial score (nSPS) is 20.6. The summed E-state index contributed by atoms with van der Waals surface area (Å²) in [6.45, 7) is 1.25. The molecule has 0 bridgehead atoms. The molecular weight excluding hydrogens is 469 g/mol. The molecule has 7 nitrogen and oxygen atoms in total. The van der Waals surface area contributed by atoms with Gasteiger partial charge in [-0.15, -0.1) is 5.10 Å². The molecular formula is C26H23F3N6O. The molecule has 2 atom stereocenters. The molecule has 6 rings (SSSR count). The Bertz CT molecular complexity index is 1430. The van der Waals surface area contributed by atoms with Gasteiger partial charge in [-0.25, -0.2) is 22.7 Å². The fraction of sp³-hybridized carbons (Fsp3) is 0.269. The average Bonchev–Trinajstić information content (AvgIpc) is 3.45. The minimum Gasteiger partial charge on any atom is -0.389 e. The third-order valence-corrected chi connectivity index (χ3v) is 6.66. The molecule has 0 aliphatic carbocycles. The zero-order chi connectivity index (χ0) is 24.8. The molecule has 36 heavy (non-hydrogen) atoms. The van der Waals surface area contributed by atoms with E-state index in [0.717, 1.165) is 29.6 Å². The number of anilines is 2. The van der Waals surface area contributed by atoms with E-state index in [1.165, 1.54) is 0 Å². The van der Waals surface area contributed by atoms with E-state index in [1.54, 1.807) is 33.9 Å². The van der Waals surface area contributed by atoms with E-state index in [1.807, 2.05) is 29.2 Å². The van der Waals surface area contributed by atoms with Crippen LogP contribution in [0.25, 0.3) is 17.8 Å². The number of hydrogen-bond donors (Lipinski definition) is 1. The molecule has 3 aromatic heterocycles. The first kappa shape index (κ1) is 22.5. The van der Waals surface area contributed by atoms with Gasteiger partial charge in [-0.2, -0.15) is 0 Å². The van der Waals surface area contributed by atoms with Crippen LogP contribution in [0.15, 0.2) is 54.9 Å². The summed E-state index contributed by atoms with van der Waals surface area (Å²) in [5.41, 5.74) is 3.10. The largest absolute Gasteiger partial charge is 0.389 e. The minimum absolute atomic E-state index is 0.0311. The standard InChI is InChI=1S/C26H23F3N6O/c27-16-1-6-23(29)22(9-16)24-10-17(28)13-34(24)26-8-7-25-31-12-20(35(25)32-26)5-3-18-2-4-19(11-30-18)33-14-21(36)15-33/h1-9,11-12,17,21,24,36H,10,13-15H2/b5-3+/t17-,24+/m0/s1. The van der Waals surface area contributed by atoms with Crippen molar-refractivity contribution in [3.05, 3.63) is 83.4 Å². The molecule has 5 heterocycles. The number of β-amino-alcohol motifs (C(OH)–C–C–N with tert-alkyl or cyclic N) is 1. The van der Waals surface area contributed by atoms with Crippen LogP contribution in [0.5, 0.6) is 0 Å². The second-order valence-electron chi connectivity index (χ2n) is 9.14. The quantitative estimate of drug-likeness (QED) is 0.454. The van der Waals surface area contributed by atoms with Gasteiger partial charge in [0.1, 0.15) is 23.6 Å². The lowest BCUT2D eigenvalue weighted by Gasteiger charge is -2.37. The zero-order valence-electron chi connectivity index (χ0n) is 19.2. The number of imidazole rings is 1. The molecule has 10 heteroatoms. The van der Waals surface area contributed by atoms with Crippen LogP contribution in [0.3, 0.4) is 0 Å². The molecule has 0 saturated carbocycles. The third kappa shape index (κ3) is 4.17. The van der Waals surface area contributed by atoms with Gasteiger partial charge in [0.15, 0.2) is 5.65 Å². The van der Waals surface area contributed by atoms with Crippen molar-refractivity contribution in [2.75, 3.05) is 29.4 Å². The van der Waals surface area contributed by atoms with Gasteiger partial charge in [-0.3, -0.25) is 4.98 Å². The molecule has 1 N–H and O–H groups in total. The summed E-state index contributed by atoms with van der Waals surface area (Å²) in [6, 6.07) is 9.90. The molecule has 1 aromatic carbocycles. The Balaban J connectivity index is 1.27. The smallest absolute Gasteiger partial charge is 0.154 e. The summed E-state index contributed by atoms with van der Waals surface area (Å²) in [5, 5.41) is 14.1. The molecule has 2 saturated heterocycles. The Kier molecular flexibility index (Phi) is 5.60. The highest BCUT2D eigenvalue weighted by Crippen LogP contribution is 2.38. The van der Waals surface area contributed by atoms with Crippen molar-refractivity contribution in [1.29, 1.82) is 0 Å². The Labute approximate surface area is 205 Å². The van der Waals surface area contributed by atoms with Crippen LogP contribution in [-0.2, 0) is 0 Å². The lowest BCUT2D eigenvalue weighted by atomic mass is 10.0. The van der Waals surface area contributed by atoms with E-state index in [4.69, 9.17) is 0 Å². The highest BCUT2D eigenvalue weighted by Gasteiger charge is 2.36. The first-order valence-electron chi connectivity index (χ1n) is 11.7. The monoisotopic (exact) mass is 492 g/mol. The number of halogens is 3. The number of fused-ring (bicyclic) bond motifs is 1. The third-order valence-electron chi connectivity index (χ3n) is 6.66. The van der Waals surface area contributed by atoms with Crippen molar-refractivity contribution in [3.63, 3.8) is 0 Å². The average molecular weight is 493 g/mol. The van der Waals surface area contributed by atoms with Gasteiger partial charge in [0.2, 0.25) is 0 Å². The Hall–Kier alpha value is -3.92. The second-order valence-corrected chi connectivity index (χ2v) is 9.14. The maximum absolute atomic E-state index is 14.5. The van der Waals surface area contributed by atoms with Gasteiger partial charge in [0.25, 0.3) is 0 Å². The van der Waals surface area contributed by atoms with Crippen molar-refractivity contribution in [3.8, 4) is 0 Å². The molecule has 2 aliphatic heterocycles. The Morgan fingerprint density at radius 2 is 1.81 bits per heavy atom. The number of aliphatic hydroxyl groups excluding tert-OH is 1. The van der Waals surface area contributed by atoms with E-state index in [9.17, 15) is 18.3 Å². The number of benzene rings is 1. The summed E-state index contributed by atoms with van der Waals surface area (Å²) in [5.74, 6) is -0.692. The highest BCUT2D eigenvalue weighted by molar-refractivity contribution is 5.68. The molecule has 2 aliphatic rings. The van der Waals surface area contributed by atoms with Crippen LogP contribution in [0, 0.1) is 11.6 Å². The minimum atomic E-state index is -1.19. The molecule has 2 fully saturated rings. The molecule has 0 amide bonds. The fourth-order valence-electron chi connectivity index (χ4n) is 4.77. The van der Waals surface area contributed by atoms with Crippen LogP contribution < -0.4 is 9.80 Å². The van der Waals surface area contributed by atoms with Crippen molar-refractivity contribution in [1.82, 2.24) is 19.6 Å². The van der Waals surface area contributed by atoms with Gasteiger partial charge in [-0.05, 0) is 54.6 Å². The number of rotatable bonds is 5. The SMILES string of the molecule is OC1CN(c2ccc(/C=C/c3cnc4ccc(N5C[C@@H](F)C[C@@H]5c5cc(F)ccc5F)nn34)nc2)C1. The molecule has 0 unspecified atom stereocenters. The molecule has 0 radical (unpaired) electrons. The van der Waals surface area contributed by atoms with Crippen LogP contribution in [-0.4, -0.2) is 56.6 Å². The van der Waals surface area contributed by atoms with E-state index < -0.39 is 23.8 Å². The number of aliphatic hydroxyl groups is 1. The maximum Gasteiger partial charge on any atom is 0.154 e. The van der Waals surface area contributed by atoms with Crippen molar-refractivity contribution in [2.45, 2.75) is 24.7 Å². The first-order valence-corrected chi connectivity index (χ1v) is 11.7. The van der Waals surface area contributed by atoms with Gasteiger partial charge < -0.3 is 14.9 Å². The number of aromatic nitrogens is 4. The van der Waals surface area contributed by atoms with E-state index in [-0.39, 0.29) is 24.6 Å². The maximum atomic E-state index is 14.5. The van der Waals surface area contributed by atoms with E-state index in [0.29, 0.717) is 30.2 Å². The van der Waals surface area contributed by atoms with Crippen LogP contribution in [0.1, 0.15) is 29.4 Å². The second kappa shape index (κ2) is 8.94. The Morgan fingerprint density at radius 3 is 2.58 bits per heavy atom. The van der Waals surface area contributed by atoms with E-state index >= 15 is 0 Å². The first-order chi connectivity index (χ1) is 17.4. The summed E-state index contributed by atoms with van der Waals surface area (Å²) < 4.78 is 44.4. The molecule has 0 spiro atoms. The summed E-state index contributed by atoms with van der Waals surface area (Å²) in [6.07, 6.45) is 5.69. The van der Waals surface area contributed by atoms with Gasteiger partial charge in [-0.1, -0.05) is 0 Å². The van der Waals surface area contributed by atoms with Crippen LogP contribution >= 0.6 is 0 Å². The predicted molar refractivity (Wildman–Crippen MR) is 130 cm³/mol. The number of nitrogens with zero attached hydrogens (tertiary/aromatic N) is 6. The van der Waals surface area contributed by atoms with Crippen molar-refractivity contribution >= 4 is 29.3 Å². The lowest BCUT2D eigenvalue weighted by Crippen LogP contribution is -2.50. The number of pyridine rings is 1. The van der Waals surface area contributed by atoms with Gasteiger partial charge in [0.05, 0.1) is 48.2 Å². The molecule has 4 aromatic rings. The number of alkyl halides is 1. The van der Waals surface area contributed by atoms with Gasteiger partial charge in [0, 0.05) is 25.1 Å². The van der Waals surface area contributed by atoms with Crippen molar-refractivity contribution < 1.29 is 18.3 Å². The Morgan fingerprint density at radius 1 is 0.944 bits per heavy atom. The lowest BCUT2D eigenvalue weighted by molar-refractivity contribution is 0.142. The van der Waals surface area contributed by atoms with Crippen LogP contribution in [0.4, 0.5) is 24.7 Å². The number of hydrogen-bond acceptors (Lipinski definition) is 6. The van der Waals surface area contributed by atoms with E-state index in [2.05, 4.69) is 15.1 Å². The zero-order valence-corrected chi connectivity index (χ0v) is 19.2. The highest BCUT2D eigenvalue weighted by atomic mass is 19.1. The molecule has 184 valence electrons. The topological polar surface area (TPSA) is 69.8 Å².